The first-order valence-corrected chi connectivity index (χ1v) is 14.3. The molecule has 0 saturated heterocycles. The predicted octanol–water partition coefficient (Wildman–Crippen LogP) is 5.39. The summed E-state index contributed by atoms with van der Waals surface area (Å²) in [6.07, 6.45) is 1.64. The Morgan fingerprint density at radius 3 is 2.24 bits per heavy atom. The van der Waals surface area contributed by atoms with Gasteiger partial charge in [-0.2, -0.15) is 0 Å². The minimum absolute atomic E-state index is 0.0635. The first-order valence-electron chi connectivity index (χ1n) is 11.4. The van der Waals surface area contributed by atoms with Crippen molar-refractivity contribution in [1.82, 2.24) is 0 Å². The number of carbonyl (C=O) groups is 1. The van der Waals surface area contributed by atoms with E-state index < -0.39 is 14.4 Å². The average Bonchev–Trinajstić information content (AvgIpc) is 2.77. The van der Waals surface area contributed by atoms with E-state index in [-0.39, 0.29) is 23.9 Å². The third kappa shape index (κ3) is 9.13. The summed E-state index contributed by atoms with van der Waals surface area (Å²) in [6, 6.07) is 5.56. The molecule has 0 heterocycles. The Bertz CT molecular complexity index is 790. The highest BCUT2D eigenvalue weighted by molar-refractivity contribution is 6.74. The lowest BCUT2D eigenvalue weighted by Gasteiger charge is -2.41. The number of hydrogen-bond acceptors (Lipinski definition) is 6. The van der Waals surface area contributed by atoms with E-state index in [1.807, 2.05) is 25.1 Å². The predicted molar refractivity (Wildman–Crippen MR) is 134 cm³/mol. The van der Waals surface area contributed by atoms with Gasteiger partial charge in [0.05, 0.1) is 33.0 Å². The molecule has 0 unspecified atom stereocenters. The van der Waals surface area contributed by atoms with Gasteiger partial charge in [-0.1, -0.05) is 26.8 Å². The van der Waals surface area contributed by atoms with Gasteiger partial charge in [-0.3, -0.25) is 0 Å². The quantitative estimate of drug-likeness (QED) is 0.203. The Hall–Kier alpha value is -1.85. The zero-order valence-electron chi connectivity index (χ0n) is 21.8. The summed E-state index contributed by atoms with van der Waals surface area (Å²) < 4.78 is 29.1. The summed E-state index contributed by atoms with van der Waals surface area (Å²) in [5.41, 5.74) is 0.890. The second-order valence-electron chi connectivity index (χ2n) is 9.57. The molecular weight excluding hydrogens is 436 g/mol. The molecule has 186 valence electrons. The van der Waals surface area contributed by atoms with E-state index in [4.69, 9.17) is 23.4 Å². The van der Waals surface area contributed by atoms with Gasteiger partial charge in [0, 0.05) is 20.0 Å². The molecule has 0 spiro atoms. The largest absolute Gasteiger partial charge is 0.493 e. The van der Waals surface area contributed by atoms with Crippen molar-refractivity contribution in [3.05, 3.63) is 23.8 Å². The van der Waals surface area contributed by atoms with Crippen molar-refractivity contribution in [2.75, 3.05) is 21.3 Å². The van der Waals surface area contributed by atoms with Crippen LogP contribution in [0.3, 0.4) is 0 Å². The van der Waals surface area contributed by atoms with Gasteiger partial charge in [0.1, 0.15) is 12.4 Å². The maximum atomic E-state index is 11.8. The number of carbonyl (C=O) groups excluding carboxylic acids is 1. The zero-order valence-corrected chi connectivity index (χ0v) is 22.8. The summed E-state index contributed by atoms with van der Waals surface area (Å²) in [6.45, 7) is 13.2. The van der Waals surface area contributed by atoms with Crippen LogP contribution in [-0.4, -0.2) is 54.2 Å². The van der Waals surface area contributed by atoms with Crippen LogP contribution in [0.1, 0.15) is 52.5 Å². The van der Waals surface area contributed by atoms with Crippen molar-refractivity contribution in [2.45, 2.75) is 90.0 Å². The van der Waals surface area contributed by atoms with Crippen molar-refractivity contribution in [1.29, 1.82) is 0 Å². The summed E-state index contributed by atoms with van der Waals surface area (Å²) in [4.78, 5) is 11.8. The van der Waals surface area contributed by atoms with Gasteiger partial charge in [0.25, 0.3) is 0 Å². The molecule has 0 bridgehead atoms. The lowest BCUT2D eigenvalue weighted by atomic mass is 10.0. The molecule has 0 aliphatic heterocycles. The van der Waals surface area contributed by atoms with Crippen LogP contribution in [0.15, 0.2) is 18.2 Å². The number of benzene rings is 1. The molecule has 3 atom stereocenters. The van der Waals surface area contributed by atoms with Crippen LogP contribution in [0.25, 0.3) is 0 Å². The van der Waals surface area contributed by atoms with Gasteiger partial charge in [0.2, 0.25) is 0 Å². The number of hydrogen-bond donors (Lipinski definition) is 0. The molecule has 1 aromatic carbocycles. The van der Waals surface area contributed by atoms with Crippen molar-refractivity contribution in [3.63, 3.8) is 0 Å². The highest BCUT2D eigenvalue weighted by Crippen LogP contribution is 2.38. The Kier molecular flexibility index (Phi) is 12.2. The third-order valence-corrected chi connectivity index (χ3v) is 10.7. The molecular formula is C26H42O6Si. The van der Waals surface area contributed by atoms with Crippen molar-refractivity contribution in [2.24, 2.45) is 0 Å². The topological polar surface area (TPSA) is 63.2 Å². The molecule has 0 amide bonds. The zero-order chi connectivity index (χ0) is 25.1. The Balaban J connectivity index is 2.94. The van der Waals surface area contributed by atoms with E-state index in [9.17, 15) is 4.79 Å². The maximum absolute atomic E-state index is 11.8. The fourth-order valence-corrected chi connectivity index (χ4v) is 4.56. The van der Waals surface area contributed by atoms with Gasteiger partial charge in [-0.15, -0.1) is 11.8 Å². The maximum Gasteiger partial charge on any atom is 0.192 e. The molecule has 0 aliphatic rings. The summed E-state index contributed by atoms with van der Waals surface area (Å²) in [5, 5.41) is 0.0635. The average molecular weight is 479 g/mol. The molecule has 0 radical (unpaired) electrons. The highest BCUT2D eigenvalue weighted by atomic mass is 28.4. The molecule has 0 aliphatic carbocycles. The van der Waals surface area contributed by atoms with Crippen molar-refractivity contribution < 1.29 is 28.2 Å². The minimum Gasteiger partial charge on any atom is -0.493 e. The fraction of sp³-hybridized carbons (Fsp3) is 0.654. The Morgan fingerprint density at radius 2 is 1.73 bits per heavy atom. The van der Waals surface area contributed by atoms with E-state index in [0.717, 1.165) is 18.3 Å². The van der Waals surface area contributed by atoms with Crippen LogP contribution in [0.4, 0.5) is 0 Å². The van der Waals surface area contributed by atoms with E-state index in [1.54, 1.807) is 21.3 Å². The molecule has 6 nitrogen and oxygen atoms in total. The first-order chi connectivity index (χ1) is 15.5. The Labute approximate surface area is 201 Å². The van der Waals surface area contributed by atoms with Crippen LogP contribution >= 0.6 is 0 Å². The monoisotopic (exact) mass is 478 g/mol. The Morgan fingerprint density at radius 1 is 1.06 bits per heavy atom. The van der Waals surface area contributed by atoms with E-state index in [0.29, 0.717) is 24.3 Å². The molecule has 1 rings (SSSR count). The number of aldehydes is 1. The lowest BCUT2D eigenvalue weighted by molar-refractivity contribution is -0.123. The van der Waals surface area contributed by atoms with Crippen LogP contribution in [0.5, 0.6) is 11.5 Å². The van der Waals surface area contributed by atoms with Crippen molar-refractivity contribution >= 4 is 14.6 Å². The van der Waals surface area contributed by atoms with Crippen LogP contribution in [-0.2, 0) is 25.3 Å². The standard InChI is InChI=1S/C26H42O6Si/c1-10-11-12-13-23(32-33(8,9)26(2,3)4)25(30-7)17-21(18-27)31-19-20-14-15-22(28-5)24(16-20)29-6/h14-16,18,21,23,25H,12-13,17,19H2,1-9H3/t21-,23-,25-/m0/s1. The fourth-order valence-electron chi connectivity index (χ4n) is 3.18. The summed E-state index contributed by atoms with van der Waals surface area (Å²) in [7, 11) is 2.80. The van der Waals surface area contributed by atoms with Gasteiger partial charge >= 0.3 is 0 Å². The van der Waals surface area contributed by atoms with Crippen LogP contribution in [0, 0.1) is 11.8 Å². The van der Waals surface area contributed by atoms with Gasteiger partial charge in [0.15, 0.2) is 19.8 Å². The van der Waals surface area contributed by atoms with Crippen LogP contribution < -0.4 is 9.47 Å². The second kappa shape index (κ2) is 13.8. The molecule has 7 heteroatoms. The van der Waals surface area contributed by atoms with Gasteiger partial charge in [-0.25, -0.2) is 0 Å². The molecule has 33 heavy (non-hydrogen) atoms. The molecule has 0 aromatic heterocycles. The smallest absolute Gasteiger partial charge is 0.192 e. The normalized spacial score (nSPS) is 14.6. The molecule has 0 N–H and O–H groups in total. The first kappa shape index (κ1) is 29.2. The molecule has 0 saturated carbocycles. The SMILES string of the molecule is CC#CCC[C@H](O[Si](C)(C)C(C)(C)C)[C@H](C[C@@H](C=O)OCc1ccc(OC)c(OC)c1)OC. The number of rotatable bonds is 14. The van der Waals surface area contributed by atoms with Crippen LogP contribution in [0.2, 0.25) is 18.1 Å². The third-order valence-electron chi connectivity index (χ3n) is 6.23. The summed E-state index contributed by atoms with van der Waals surface area (Å²) in [5.74, 6) is 7.34. The number of ether oxygens (including phenoxy) is 4. The van der Waals surface area contributed by atoms with E-state index >= 15 is 0 Å². The molecule has 0 fully saturated rings. The summed E-state index contributed by atoms with van der Waals surface area (Å²) >= 11 is 0. The minimum atomic E-state index is -2.04. The lowest BCUT2D eigenvalue weighted by Crippen LogP contribution is -2.48. The van der Waals surface area contributed by atoms with Crippen molar-refractivity contribution in [3.8, 4) is 23.3 Å². The number of methoxy groups -OCH3 is 3. The van der Waals surface area contributed by atoms with E-state index in [2.05, 4.69) is 45.7 Å². The second-order valence-corrected chi connectivity index (χ2v) is 14.3. The van der Waals surface area contributed by atoms with E-state index in [1.165, 1.54) is 0 Å². The van der Waals surface area contributed by atoms with Gasteiger partial charge < -0.3 is 28.2 Å². The highest BCUT2D eigenvalue weighted by Gasteiger charge is 2.41. The van der Waals surface area contributed by atoms with Gasteiger partial charge in [-0.05, 0) is 49.2 Å². The molecule has 1 aromatic rings.